The third-order valence-electron chi connectivity index (χ3n) is 2.97. The van der Waals surface area contributed by atoms with Gasteiger partial charge in [0.05, 0.1) is 0 Å². The Morgan fingerprint density at radius 2 is 1.60 bits per heavy atom. The van der Waals surface area contributed by atoms with Crippen LogP contribution in [-0.4, -0.2) is 19.8 Å². The number of aryl methyl sites for hydroxylation is 1. The van der Waals surface area contributed by atoms with Crippen molar-refractivity contribution in [2.75, 3.05) is 19.8 Å². The summed E-state index contributed by atoms with van der Waals surface area (Å²) >= 11 is 0. The van der Waals surface area contributed by atoms with Crippen molar-refractivity contribution in [1.29, 1.82) is 0 Å². The van der Waals surface area contributed by atoms with Gasteiger partial charge in [0.15, 0.2) is 0 Å². The summed E-state index contributed by atoms with van der Waals surface area (Å²) < 4.78 is 11.3. The second-order valence-electron chi connectivity index (χ2n) is 4.70. The van der Waals surface area contributed by atoms with Crippen LogP contribution < -0.4 is 15.2 Å². The molecule has 0 saturated carbocycles. The maximum Gasteiger partial charge on any atom is 0.122 e. The van der Waals surface area contributed by atoms with Crippen molar-refractivity contribution in [2.45, 2.75) is 13.3 Å². The lowest BCUT2D eigenvalue weighted by molar-refractivity contribution is 0.217. The largest absolute Gasteiger partial charge is 0.490 e. The van der Waals surface area contributed by atoms with Crippen LogP contribution in [0.2, 0.25) is 0 Å². The van der Waals surface area contributed by atoms with Crippen LogP contribution in [0, 0.1) is 6.92 Å². The van der Waals surface area contributed by atoms with Gasteiger partial charge in [0, 0.05) is 0 Å². The van der Waals surface area contributed by atoms with Crippen molar-refractivity contribution < 1.29 is 9.47 Å². The fourth-order valence-electron chi connectivity index (χ4n) is 1.94. The number of ether oxygens (including phenoxy) is 2. The monoisotopic (exact) mass is 271 g/mol. The molecule has 2 rings (SSSR count). The first-order chi connectivity index (χ1) is 9.78. The summed E-state index contributed by atoms with van der Waals surface area (Å²) in [6, 6.07) is 16.0. The topological polar surface area (TPSA) is 44.5 Å². The summed E-state index contributed by atoms with van der Waals surface area (Å²) in [7, 11) is 0. The number of benzene rings is 2. The highest BCUT2D eigenvalue weighted by atomic mass is 16.5. The van der Waals surface area contributed by atoms with Gasteiger partial charge in [0.25, 0.3) is 0 Å². The fourth-order valence-corrected chi connectivity index (χ4v) is 1.94. The zero-order chi connectivity index (χ0) is 14.2. The molecular weight excluding hydrogens is 250 g/mol. The lowest BCUT2D eigenvalue weighted by atomic mass is 10.1. The van der Waals surface area contributed by atoms with E-state index in [1.54, 1.807) is 0 Å². The van der Waals surface area contributed by atoms with Crippen LogP contribution in [0.1, 0.15) is 11.1 Å². The van der Waals surface area contributed by atoms with E-state index in [1.807, 2.05) is 55.5 Å². The maximum absolute atomic E-state index is 5.63. The Hall–Kier alpha value is -2.00. The van der Waals surface area contributed by atoms with Gasteiger partial charge in [-0.3, -0.25) is 0 Å². The number of hydrogen-bond donors (Lipinski definition) is 1. The first-order valence-corrected chi connectivity index (χ1v) is 6.89. The van der Waals surface area contributed by atoms with Gasteiger partial charge in [-0.25, -0.2) is 0 Å². The molecule has 0 aliphatic carbocycles. The van der Waals surface area contributed by atoms with Crippen molar-refractivity contribution in [1.82, 2.24) is 0 Å². The average molecular weight is 271 g/mol. The molecule has 2 N–H and O–H groups in total. The molecule has 106 valence electrons. The van der Waals surface area contributed by atoms with Crippen molar-refractivity contribution in [3.63, 3.8) is 0 Å². The number of rotatable bonds is 7. The van der Waals surface area contributed by atoms with Crippen LogP contribution in [0.25, 0.3) is 0 Å². The molecule has 0 saturated heterocycles. The van der Waals surface area contributed by atoms with Gasteiger partial charge in [-0.15, -0.1) is 0 Å². The van der Waals surface area contributed by atoms with E-state index in [-0.39, 0.29) is 0 Å². The Kier molecular flexibility index (Phi) is 5.44. The van der Waals surface area contributed by atoms with Crippen LogP contribution in [0.4, 0.5) is 0 Å². The summed E-state index contributed by atoms with van der Waals surface area (Å²) in [5.74, 6) is 1.74. The van der Waals surface area contributed by atoms with E-state index in [9.17, 15) is 0 Å². The molecule has 0 aliphatic rings. The van der Waals surface area contributed by atoms with Crippen molar-refractivity contribution in [3.05, 3.63) is 59.7 Å². The molecule has 0 aliphatic heterocycles. The van der Waals surface area contributed by atoms with Gasteiger partial charge in [-0.1, -0.05) is 24.3 Å². The van der Waals surface area contributed by atoms with Gasteiger partial charge in [0.2, 0.25) is 0 Å². The third-order valence-corrected chi connectivity index (χ3v) is 2.97. The Morgan fingerprint density at radius 3 is 2.25 bits per heavy atom. The molecule has 20 heavy (non-hydrogen) atoms. The molecule has 0 radical (unpaired) electrons. The Balaban J connectivity index is 1.73. The molecule has 0 heterocycles. The highest BCUT2D eigenvalue weighted by Crippen LogP contribution is 2.14. The molecule has 0 fully saturated rings. The highest BCUT2D eigenvalue weighted by molar-refractivity contribution is 5.28. The molecule has 0 atom stereocenters. The van der Waals surface area contributed by atoms with E-state index < -0.39 is 0 Å². The molecule has 2 aromatic carbocycles. The van der Waals surface area contributed by atoms with Gasteiger partial charge in [-0.2, -0.15) is 0 Å². The van der Waals surface area contributed by atoms with E-state index in [0.29, 0.717) is 19.8 Å². The normalized spacial score (nSPS) is 10.3. The molecule has 0 unspecified atom stereocenters. The minimum atomic E-state index is 0.532. The zero-order valence-electron chi connectivity index (χ0n) is 11.8. The minimum absolute atomic E-state index is 0.532. The lowest BCUT2D eigenvalue weighted by Crippen LogP contribution is -2.09. The minimum Gasteiger partial charge on any atom is -0.490 e. The quantitative estimate of drug-likeness (QED) is 0.787. The Morgan fingerprint density at radius 1 is 0.900 bits per heavy atom. The summed E-state index contributed by atoms with van der Waals surface area (Å²) in [5, 5.41) is 0. The SMILES string of the molecule is Cc1cccc(OCCOc2ccc(CCN)cc2)c1. The molecule has 2 aromatic rings. The molecule has 0 amide bonds. The van der Waals surface area contributed by atoms with E-state index in [0.717, 1.165) is 17.9 Å². The molecule has 0 aromatic heterocycles. The lowest BCUT2D eigenvalue weighted by Gasteiger charge is -2.09. The second kappa shape index (κ2) is 7.56. The van der Waals surface area contributed by atoms with Crippen molar-refractivity contribution >= 4 is 0 Å². The highest BCUT2D eigenvalue weighted by Gasteiger charge is 1.97. The second-order valence-corrected chi connectivity index (χ2v) is 4.70. The molecule has 0 bridgehead atoms. The van der Waals surface area contributed by atoms with Crippen LogP contribution in [0.3, 0.4) is 0 Å². The Bertz CT molecular complexity index is 523. The van der Waals surface area contributed by atoms with E-state index >= 15 is 0 Å². The summed E-state index contributed by atoms with van der Waals surface area (Å²) in [5.41, 5.74) is 7.94. The van der Waals surface area contributed by atoms with Crippen LogP contribution >= 0.6 is 0 Å². The van der Waals surface area contributed by atoms with E-state index in [1.165, 1.54) is 11.1 Å². The summed E-state index contributed by atoms with van der Waals surface area (Å²) in [6.45, 7) is 3.79. The number of hydrogen-bond acceptors (Lipinski definition) is 3. The van der Waals surface area contributed by atoms with E-state index in [4.69, 9.17) is 15.2 Å². The summed E-state index contributed by atoms with van der Waals surface area (Å²) in [6.07, 6.45) is 0.900. The van der Waals surface area contributed by atoms with Crippen molar-refractivity contribution in [3.8, 4) is 11.5 Å². The molecule has 3 heteroatoms. The van der Waals surface area contributed by atoms with Crippen LogP contribution in [0.5, 0.6) is 11.5 Å². The predicted octanol–water partition coefficient (Wildman–Crippen LogP) is 2.95. The Labute approximate surface area is 120 Å². The molecular formula is C17H21NO2. The summed E-state index contributed by atoms with van der Waals surface area (Å²) in [4.78, 5) is 0. The van der Waals surface area contributed by atoms with Crippen molar-refractivity contribution in [2.24, 2.45) is 5.73 Å². The number of nitrogens with two attached hydrogens (primary N) is 1. The van der Waals surface area contributed by atoms with Crippen LogP contribution in [-0.2, 0) is 6.42 Å². The van der Waals surface area contributed by atoms with Gasteiger partial charge in [-0.05, 0) is 55.3 Å². The predicted molar refractivity (Wildman–Crippen MR) is 81.4 cm³/mol. The third kappa shape index (κ3) is 4.59. The average Bonchev–Trinajstić information content (AvgIpc) is 2.46. The van der Waals surface area contributed by atoms with E-state index in [2.05, 4.69) is 0 Å². The van der Waals surface area contributed by atoms with Gasteiger partial charge >= 0.3 is 0 Å². The van der Waals surface area contributed by atoms with Gasteiger partial charge < -0.3 is 15.2 Å². The first kappa shape index (κ1) is 14.4. The van der Waals surface area contributed by atoms with Crippen LogP contribution in [0.15, 0.2) is 48.5 Å². The fraction of sp³-hybridized carbons (Fsp3) is 0.294. The molecule has 0 spiro atoms. The smallest absolute Gasteiger partial charge is 0.122 e. The maximum atomic E-state index is 5.63. The first-order valence-electron chi connectivity index (χ1n) is 6.89. The standard InChI is InChI=1S/C17H21NO2/c1-14-3-2-4-17(13-14)20-12-11-19-16-7-5-15(6-8-16)9-10-18/h2-8,13H,9-12,18H2,1H3. The molecule has 3 nitrogen and oxygen atoms in total. The zero-order valence-corrected chi connectivity index (χ0v) is 11.8. The van der Waals surface area contributed by atoms with Gasteiger partial charge in [0.1, 0.15) is 24.7 Å².